The molecule has 3 atom stereocenters. The molecule has 3 N–H and O–H groups in total. The van der Waals surface area contributed by atoms with Gasteiger partial charge in [0.15, 0.2) is 5.96 Å². The van der Waals surface area contributed by atoms with Crippen LogP contribution in [0.4, 0.5) is 0 Å². The van der Waals surface area contributed by atoms with Crippen LogP contribution in [0.5, 0.6) is 0 Å². The molecule has 2 rings (SSSR count). The van der Waals surface area contributed by atoms with Crippen molar-refractivity contribution < 1.29 is 4.79 Å². The van der Waals surface area contributed by atoms with Gasteiger partial charge in [0.1, 0.15) is 0 Å². The summed E-state index contributed by atoms with van der Waals surface area (Å²) in [6.07, 6.45) is 1.52. The summed E-state index contributed by atoms with van der Waals surface area (Å²) < 4.78 is 0. The molecule has 1 aromatic rings. The van der Waals surface area contributed by atoms with Crippen molar-refractivity contribution in [3.63, 3.8) is 0 Å². The molecule has 0 aromatic heterocycles. The molecule has 0 radical (unpaired) electrons. The second-order valence-electron chi connectivity index (χ2n) is 6.00. The van der Waals surface area contributed by atoms with Crippen LogP contribution in [0.3, 0.4) is 0 Å². The van der Waals surface area contributed by atoms with E-state index in [1.54, 1.807) is 0 Å². The fourth-order valence-corrected chi connectivity index (χ4v) is 2.88. The maximum atomic E-state index is 12.1. The zero-order valence-electron chi connectivity index (χ0n) is 13.6. The molecule has 1 aliphatic rings. The number of hydrogen-bond donors (Lipinski definition) is 2. The van der Waals surface area contributed by atoms with Gasteiger partial charge in [-0.2, -0.15) is 0 Å². The van der Waals surface area contributed by atoms with E-state index in [2.05, 4.69) is 36.3 Å². The van der Waals surface area contributed by atoms with Crippen molar-refractivity contribution in [2.75, 3.05) is 13.6 Å². The Morgan fingerprint density at radius 3 is 2.77 bits per heavy atom. The summed E-state index contributed by atoms with van der Waals surface area (Å²) in [7, 11) is 1.87. The van der Waals surface area contributed by atoms with Gasteiger partial charge in [-0.15, -0.1) is 0 Å². The molecule has 0 bridgehead atoms. The number of rotatable bonds is 5. The molecular weight excluding hydrogens is 276 g/mol. The van der Waals surface area contributed by atoms with Crippen molar-refractivity contribution in [3.8, 4) is 0 Å². The van der Waals surface area contributed by atoms with E-state index in [-0.39, 0.29) is 17.9 Å². The molecule has 0 saturated carbocycles. The molecule has 0 aliphatic carbocycles. The summed E-state index contributed by atoms with van der Waals surface area (Å²) in [5, 5.41) is 3.16. The van der Waals surface area contributed by atoms with Crippen LogP contribution < -0.4 is 11.1 Å². The standard InChI is InChI=1S/C17H26N4O/c1-4-12(2)20-17(18)19-11-14-10-15(22)21(3)16(14)13-8-6-5-7-9-13/h5-9,12,14,16H,4,10-11H2,1-3H3,(H3,18,19,20). The lowest BCUT2D eigenvalue weighted by Gasteiger charge is -2.24. The SMILES string of the molecule is CCC(C)NC(N)=NCC1CC(=O)N(C)C1c1ccccc1. The summed E-state index contributed by atoms with van der Waals surface area (Å²) in [4.78, 5) is 18.3. The molecule has 3 unspecified atom stereocenters. The van der Waals surface area contributed by atoms with E-state index < -0.39 is 0 Å². The van der Waals surface area contributed by atoms with E-state index in [0.29, 0.717) is 25.0 Å². The average Bonchev–Trinajstić information content (AvgIpc) is 2.81. The number of benzene rings is 1. The summed E-state index contributed by atoms with van der Waals surface area (Å²) >= 11 is 0. The summed E-state index contributed by atoms with van der Waals surface area (Å²) in [5.74, 6) is 0.794. The van der Waals surface area contributed by atoms with E-state index in [1.165, 1.54) is 0 Å². The number of carbonyl (C=O) groups is 1. The Morgan fingerprint density at radius 1 is 1.45 bits per heavy atom. The molecular formula is C17H26N4O. The fourth-order valence-electron chi connectivity index (χ4n) is 2.88. The Balaban J connectivity index is 2.08. The number of nitrogens with zero attached hydrogens (tertiary/aromatic N) is 2. The molecule has 1 aromatic carbocycles. The van der Waals surface area contributed by atoms with Crippen LogP contribution in [0.15, 0.2) is 35.3 Å². The van der Waals surface area contributed by atoms with Gasteiger partial charge in [-0.25, -0.2) is 0 Å². The molecule has 5 nitrogen and oxygen atoms in total. The van der Waals surface area contributed by atoms with E-state index >= 15 is 0 Å². The predicted molar refractivity (Wildman–Crippen MR) is 89.4 cm³/mol. The first kappa shape index (κ1) is 16.3. The van der Waals surface area contributed by atoms with E-state index in [4.69, 9.17) is 5.73 Å². The van der Waals surface area contributed by atoms with Crippen LogP contribution >= 0.6 is 0 Å². The number of carbonyl (C=O) groups excluding carboxylic acids is 1. The van der Waals surface area contributed by atoms with Gasteiger partial charge in [-0.05, 0) is 18.9 Å². The van der Waals surface area contributed by atoms with Gasteiger partial charge in [-0.3, -0.25) is 9.79 Å². The van der Waals surface area contributed by atoms with Crippen LogP contribution in [-0.2, 0) is 4.79 Å². The van der Waals surface area contributed by atoms with Crippen LogP contribution in [0.25, 0.3) is 0 Å². The number of guanidine groups is 1. The minimum absolute atomic E-state index is 0.0776. The second kappa shape index (κ2) is 7.29. The Labute approximate surface area is 132 Å². The number of likely N-dealkylation sites (tertiary alicyclic amines) is 1. The van der Waals surface area contributed by atoms with Gasteiger partial charge in [-0.1, -0.05) is 37.3 Å². The minimum atomic E-state index is 0.0776. The van der Waals surface area contributed by atoms with Gasteiger partial charge < -0.3 is 16.0 Å². The second-order valence-corrected chi connectivity index (χ2v) is 6.00. The lowest BCUT2D eigenvalue weighted by Crippen LogP contribution is -2.38. The van der Waals surface area contributed by atoms with Gasteiger partial charge in [0, 0.05) is 32.0 Å². The highest BCUT2D eigenvalue weighted by atomic mass is 16.2. The zero-order valence-corrected chi connectivity index (χ0v) is 13.6. The smallest absolute Gasteiger partial charge is 0.223 e. The van der Waals surface area contributed by atoms with Crippen LogP contribution in [-0.4, -0.2) is 36.4 Å². The Kier molecular flexibility index (Phi) is 5.41. The van der Waals surface area contributed by atoms with Gasteiger partial charge in [0.05, 0.1) is 6.04 Å². The van der Waals surface area contributed by atoms with Gasteiger partial charge >= 0.3 is 0 Å². The van der Waals surface area contributed by atoms with Crippen molar-refractivity contribution in [3.05, 3.63) is 35.9 Å². The normalized spacial score (nSPS) is 23.7. The highest BCUT2D eigenvalue weighted by Gasteiger charge is 2.38. The predicted octanol–water partition coefficient (Wildman–Crippen LogP) is 1.91. The molecule has 1 fully saturated rings. The first-order chi connectivity index (χ1) is 10.5. The molecule has 1 aliphatic heterocycles. The third kappa shape index (κ3) is 3.78. The zero-order chi connectivity index (χ0) is 16.1. The van der Waals surface area contributed by atoms with Crippen molar-refractivity contribution in [2.45, 2.75) is 38.8 Å². The largest absolute Gasteiger partial charge is 0.370 e. The van der Waals surface area contributed by atoms with E-state index in [0.717, 1.165) is 12.0 Å². The Bertz CT molecular complexity index is 529. The molecule has 1 saturated heterocycles. The topological polar surface area (TPSA) is 70.7 Å². The molecule has 120 valence electrons. The molecule has 1 heterocycles. The highest BCUT2D eigenvalue weighted by Crippen LogP contribution is 2.36. The van der Waals surface area contributed by atoms with Crippen molar-refractivity contribution >= 4 is 11.9 Å². The van der Waals surface area contributed by atoms with Gasteiger partial charge in [0.25, 0.3) is 0 Å². The number of nitrogens with two attached hydrogens (primary N) is 1. The quantitative estimate of drug-likeness (QED) is 0.645. The maximum absolute atomic E-state index is 12.1. The molecule has 22 heavy (non-hydrogen) atoms. The first-order valence-corrected chi connectivity index (χ1v) is 7.90. The summed E-state index contributed by atoms with van der Waals surface area (Å²) in [5.41, 5.74) is 7.08. The van der Waals surface area contributed by atoms with Crippen molar-refractivity contribution in [1.82, 2.24) is 10.2 Å². The summed E-state index contributed by atoms with van der Waals surface area (Å²) in [6.45, 7) is 4.73. The molecule has 0 spiro atoms. The molecule has 5 heteroatoms. The minimum Gasteiger partial charge on any atom is -0.370 e. The Hall–Kier alpha value is -2.04. The lowest BCUT2D eigenvalue weighted by molar-refractivity contribution is -0.127. The lowest BCUT2D eigenvalue weighted by atomic mass is 9.94. The molecule has 1 amide bonds. The Morgan fingerprint density at radius 2 is 2.14 bits per heavy atom. The fraction of sp³-hybridized carbons (Fsp3) is 0.529. The van der Waals surface area contributed by atoms with E-state index in [9.17, 15) is 4.79 Å². The van der Waals surface area contributed by atoms with Gasteiger partial charge in [0.2, 0.25) is 5.91 Å². The van der Waals surface area contributed by atoms with Crippen molar-refractivity contribution in [2.24, 2.45) is 16.6 Å². The van der Waals surface area contributed by atoms with Crippen molar-refractivity contribution in [1.29, 1.82) is 0 Å². The third-order valence-corrected chi connectivity index (χ3v) is 4.34. The highest BCUT2D eigenvalue weighted by molar-refractivity contribution is 5.80. The number of aliphatic imine (C=N–C) groups is 1. The number of amides is 1. The van der Waals surface area contributed by atoms with Crippen LogP contribution in [0.1, 0.15) is 38.3 Å². The average molecular weight is 302 g/mol. The summed E-state index contributed by atoms with van der Waals surface area (Å²) in [6, 6.07) is 10.5. The number of nitrogens with one attached hydrogen (secondary N) is 1. The van der Waals surface area contributed by atoms with Crippen LogP contribution in [0.2, 0.25) is 0 Å². The van der Waals surface area contributed by atoms with E-state index in [1.807, 2.05) is 30.1 Å². The third-order valence-electron chi connectivity index (χ3n) is 4.34. The van der Waals surface area contributed by atoms with Crippen LogP contribution in [0, 0.1) is 5.92 Å². The first-order valence-electron chi connectivity index (χ1n) is 7.90. The maximum Gasteiger partial charge on any atom is 0.223 e. The number of hydrogen-bond acceptors (Lipinski definition) is 2. The monoisotopic (exact) mass is 302 g/mol.